The Morgan fingerprint density at radius 2 is 1.92 bits per heavy atom. The quantitative estimate of drug-likeness (QED) is 0.495. The number of carbonyl (C=O) groups excluding carboxylic acids is 3. The molecule has 0 saturated carbocycles. The zero-order chi connectivity index (χ0) is 16.9. The number of nitrogens with one attached hydrogen (secondary N) is 3. The second-order valence-corrected chi connectivity index (χ2v) is 4.80. The van der Waals surface area contributed by atoms with E-state index in [1.54, 1.807) is 18.2 Å². The first-order valence-corrected chi connectivity index (χ1v) is 7.01. The molecule has 0 saturated heterocycles. The number of aromatic amines is 1. The Morgan fingerprint density at radius 1 is 1.08 bits per heavy atom. The third-order valence-corrected chi connectivity index (χ3v) is 3.20. The Balaban J connectivity index is 1.51. The van der Waals surface area contributed by atoms with Gasteiger partial charge in [-0.3, -0.25) is 20.4 Å². The summed E-state index contributed by atoms with van der Waals surface area (Å²) in [4.78, 5) is 38.1. The lowest BCUT2D eigenvalue weighted by molar-refractivity contribution is -0.125. The van der Waals surface area contributed by atoms with E-state index in [1.165, 1.54) is 18.5 Å². The second kappa shape index (κ2) is 6.69. The molecule has 0 bridgehead atoms. The Morgan fingerprint density at radius 3 is 2.71 bits per heavy atom. The van der Waals surface area contributed by atoms with E-state index in [2.05, 4.69) is 15.8 Å². The van der Waals surface area contributed by atoms with E-state index in [0.717, 1.165) is 5.52 Å². The maximum absolute atomic E-state index is 12.0. The van der Waals surface area contributed by atoms with Gasteiger partial charge in [0.2, 0.25) is 0 Å². The fourth-order valence-electron chi connectivity index (χ4n) is 2.08. The molecular weight excluding hydrogens is 314 g/mol. The molecule has 2 amide bonds. The highest BCUT2D eigenvalue weighted by Gasteiger charge is 2.15. The van der Waals surface area contributed by atoms with E-state index >= 15 is 0 Å². The number of esters is 1. The summed E-state index contributed by atoms with van der Waals surface area (Å²) < 4.78 is 9.80. The summed E-state index contributed by atoms with van der Waals surface area (Å²) >= 11 is 0. The van der Waals surface area contributed by atoms with Gasteiger partial charge >= 0.3 is 11.9 Å². The number of hydrogen-bond acceptors (Lipinski definition) is 5. The Kier molecular flexibility index (Phi) is 4.28. The number of rotatable bonds is 4. The monoisotopic (exact) mass is 327 g/mol. The maximum Gasteiger partial charge on any atom is 0.340 e. The third kappa shape index (κ3) is 3.27. The number of hydrazine groups is 1. The average Bonchev–Trinajstić information content (AvgIpc) is 3.26. The topological polar surface area (TPSA) is 113 Å². The van der Waals surface area contributed by atoms with Gasteiger partial charge in [0.25, 0.3) is 5.91 Å². The van der Waals surface area contributed by atoms with Crippen LogP contribution in [0.4, 0.5) is 0 Å². The number of hydrogen-bond donors (Lipinski definition) is 3. The van der Waals surface area contributed by atoms with Gasteiger partial charge in [0.05, 0.1) is 11.8 Å². The number of para-hydroxylation sites is 1. The number of amides is 2. The van der Waals surface area contributed by atoms with E-state index in [-0.39, 0.29) is 5.76 Å². The van der Waals surface area contributed by atoms with Crippen LogP contribution in [0.3, 0.4) is 0 Å². The minimum Gasteiger partial charge on any atom is -0.459 e. The lowest BCUT2D eigenvalue weighted by Gasteiger charge is -2.06. The van der Waals surface area contributed by atoms with E-state index in [0.29, 0.717) is 10.9 Å². The smallest absolute Gasteiger partial charge is 0.340 e. The van der Waals surface area contributed by atoms with Crippen LogP contribution in [0.25, 0.3) is 10.9 Å². The van der Waals surface area contributed by atoms with Crippen LogP contribution in [0.5, 0.6) is 0 Å². The summed E-state index contributed by atoms with van der Waals surface area (Å²) in [5.74, 6) is -1.88. The molecule has 3 N–H and O–H groups in total. The molecule has 0 spiro atoms. The van der Waals surface area contributed by atoms with Crippen LogP contribution >= 0.6 is 0 Å². The first-order valence-electron chi connectivity index (χ1n) is 7.01. The molecule has 2 heterocycles. The number of H-pyrrole nitrogens is 1. The minimum atomic E-state index is -0.678. The van der Waals surface area contributed by atoms with Crippen molar-refractivity contribution < 1.29 is 23.5 Å². The molecule has 1 aromatic carbocycles. The SMILES string of the molecule is O=C(COC(=O)c1c[nH]c2ccccc12)NNC(=O)c1ccco1. The van der Waals surface area contributed by atoms with Gasteiger partial charge in [0.1, 0.15) is 0 Å². The van der Waals surface area contributed by atoms with Crippen LogP contribution in [-0.4, -0.2) is 29.4 Å². The van der Waals surface area contributed by atoms with Crippen molar-refractivity contribution in [2.24, 2.45) is 0 Å². The Labute approximate surface area is 135 Å². The van der Waals surface area contributed by atoms with Crippen molar-refractivity contribution in [1.82, 2.24) is 15.8 Å². The summed E-state index contributed by atoms with van der Waals surface area (Å²) in [5, 5.41) is 0.703. The summed E-state index contributed by atoms with van der Waals surface area (Å²) in [6, 6.07) is 10.2. The molecule has 0 fully saturated rings. The van der Waals surface area contributed by atoms with E-state index in [4.69, 9.17) is 9.15 Å². The van der Waals surface area contributed by atoms with Crippen LogP contribution in [-0.2, 0) is 9.53 Å². The van der Waals surface area contributed by atoms with Crippen molar-refractivity contribution in [3.05, 3.63) is 60.2 Å². The number of aromatic nitrogens is 1. The van der Waals surface area contributed by atoms with Crippen LogP contribution in [0.15, 0.2) is 53.3 Å². The van der Waals surface area contributed by atoms with E-state index < -0.39 is 24.4 Å². The molecule has 0 aliphatic carbocycles. The van der Waals surface area contributed by atoms with Crippen molar-refractivity contribution in [2.45, 2.75) is 0 Å². The number of furan rings is 1. The molecule has 2 aromatic heterocycles. The zero-order valence-corrected chi connectivity index (χ0v) is 12.4. The van der Waals surface area contributed by atoms with Gasteiger partial charge < -0.3 is 14.1 Å². The average molecular weight is 327 g/mol. The second-order valence-electron chi connectivity index (χ2n) is 4.80. The predicted octanol–water partition coefficient (Wildman–Crippen LogP) is 1.38. The zero-order valence-electron chi connectivity index (χ0n) is 12.4. The van der Waals surface area contributed by atoms with Gasteiger partial charge in [0, 0.05) is 17.1 Å². The van der Waals surface area contributed by atoms with Gasteiger partial charge in [-0.2, -0.15) is 0 Å². The molecule has 24 heavy (non-hydrogen) atoms. The van der Waals surface area contributed by atoms with Crippen LogP contribution in [0, 0.1) is 0 Å². The molecule has 0 unspecified atom stereocenters. The molecule has 8 heteroatoms. The van der Waals surface area contributed by atoms with Crippen molar-refractivity contribution in [3.63, 3.8) is 0 Å². The molecular formula is C16H13N3O5. The number of benzene rings is 1. The molecule has 0 atom stereocenters. The first kappa shape index (κ1) is 15.3. The summed E-state index contributed by atoms with van der Waals surface area (Å²) in [6.45, 7) is -0.531. The van der Waals surface area contributed by atoms with Crippen LogP contribution in [0.1, 0.15) is 20.9 Å². The predicted molar refractivity (Wildman–Crippen MR) is 82.9 cm³/mol. The summed E-state index contributed by atoms with van der Waals surface area (Å²) in [7, 11) is 0. The lowest BCUT2D eigenvalue weighted by Crippen LogP contribution is -2.43. The molecule has 3 aromatic rings. The Bertz CT molecular complexity index is 882. The lowest BCUT2D eigenvalue weighted by atomic mass is 10.2. The number of fused-ring (bicyclic) bond motifs is 1. The fraction of sp³-hybridized carbons (Fsp3) is 0.0625. The van der Waals surface area contributed by atoms with Gasteiger partial charge in [-0.15, -0.1) is 0 Å². The first-order chi connectivity index (χ1) is 11.6. The van der Waals surface area contributed by atoms with Gasteiger partial charge in [-0.25, -0.2) is 4.79 Å². The van der Waals surface area contributed by atoms with E-state index in [1.807, 2.05) is 12.1 Å². The molecule has 0 radical (unpaired) electrons. The van der Waals surface area contributed by atoms with Gasteiger partial charge in [-0.05, 0) is 18.2 Å². The van der Waals surface area contributed by atoms with Crippen LogP contribution < -0.4 is 10.9 Å². The Hall–Kier alpha value is -3.55. The number of carbonyl (C=O) groups is 3. The molecule has 3 rings (SSSR count). The molecule has 8 nitrogen and oxygen atoms in total. The number of ether oxygens (including phenoxy) is 1. The largest absolute Gasteiger partial charge is 0.459 e. The molecule has 122 valence electrons. The summed E-state index contributed by atoms with van der Waals surface area (Å²) in [6.07, 6.45) is 2.85. The van der Waals surface area contributed by atoms with Crippen molar-refractivity contribution in [3.8, 4) is 0 Å². The highest BCUT2D eigenvalue weighted by Crippen LogP contribution is 2.18. The van der Waals surface area contributed by atoms with Crippen molar-refractivity contribution >= 4 is 28.7 Å². The van der Waals surface area contributed by atoms with Crippen LogP contribution in [0.2, 0.25) is 0 Å². The van der Waals surface area contributed by atoms with E-state index in [9.17, 15) is 14.4 Å². The molecule has 0 aliphatic heterocycles. The third-order valence-electron chi connectivity index (χ3n) is 3.20. The van der Waals surface area contributed by atoms with Gasteiger partial charge in [0.15, 0.2) is 12.4 Å². The maximum atomic E-state index is 12.0. The van der Waals surface area contributed by atoms with Crippen molar-refractivity contribution in [2.75, 3.05) is 6.61 Å². The highest BCUT2D eigenvalue weighted by molar-refractivity contribution is 6.04. The summed E-state index contributed by atoms with van der Waals surface area (Å²) in [5.41, 5.74) is 5.39. The standard InChI is InChI=1S/C16H13N3O5/c20-14(18-19-15(21)13-6-3-7-23-13)9-24-16(22)11-8-17-12-5-2-1-4-10(11)12/h1-8,17H,9H2,(H,18,20)(H,19,21). The highest BCUT2D eigenvalue weighted by atomic mass is 16.5. The molecule has 0 aliphatic rings. The van der Waals surface area contributed by atoms with Crippen molar-refractivity contribution in [1.29, 1.82) is 0 Å². The normalized spacial score (nSPS) is 10.3. The fourth-order valence-corrected chi connectivity index (χ4v) is 2.08. The van der Waals surface area contributed by atoms with Gasteiger partial charge in [-0.1, -0.05) is 18.2 Å². The minimum absolute atomic E-state index is 0.0473.